The average Bonchev–Trinajstić information content (AvgIpc) is 2.46. The van der Waals surface area contributed by atoms with E-state index in [0.717, 1.165) is 18.9 Å². The Kier molecular flexibility index (Phi) is 4.93. The van der Waals surface area contributed by atoms with Crippen molar-refractivity contribution >= 4 is 20.0 Å². The molecule has 0 aromatic heterocycles. The molecule has 2 atom stereocenters. The van der Waals surface area contributed by atoms with E-state index in [1.165, 1.54) is 22.5 Å². The van der Waals surface area contributed by atoms with Crippen molar-refractivity contribution in [2.75, 3.05) is 13.1 Å². The number of nitrogens with zero attached hydrogens (tertiary/aromatic N) is 1. The van der Waals surface area contributed by atoms with Gasteiger partial charge in [-0.15, -0.1) is 0 Å². The van der Waals surface area contributed by atoms with Gasteiger partial charge in [-0.3, -0.25) is 0 Å². The SMILES string of the molecule is C[C@H](N)[C@H]1CCCN(S(=O)(=O)c2cccc(S(N)(=O)=O)c2)C1. The van der Waals surface area contributed by atoms with Gasteiger partial charge in [0.05, 0.1) is 9.79 Å². The summed E-state index contributed by atoms with van der Waals surface area (Å²) in [7, 11) is -7.70. The van der Waals surface area contributed by atoms with Crippen LogP contribution in [0, 0.1) is 5.92 Å². The second-order valence-electron chi connectivity index (χ2n) is 5.64. The van der Waals surface area contributed by atoms with Crippen LogP contribution in [0.2, 0.25) is 0 Å². The number of primary sulfonamides is 1. The van der Waals surface area contributed by atoms with Crippen molar-refractivity contribution in [3.63, 3.8) is 0 Å². The Balaban J connectivity index is 2.34. The third-order valence-electron chi connectivity index (χ3n) is 3.94. The number of hydrogen-bond acceptors (Lipinski definition) is 5. The van der Waals surface area contributed by atoms with Gasteiger partial charge < -0.3 is 5.73 Å². The van der Waals surface area contributed by atoms with Crippen LogP contribution in [0.3, 0.4) is 0 Å². The summed E-state index contributed by atoms with van der Waals surface area (Å²) < 4.78 is 49.5. The van der Waals surface area contributed by atoms with E-state index in [1.54, 1.807) is 0 Å². The van der Waals surface area contributed by atoms with Gasteiger partial charge in [-0.25, -0.2) is 22.0 Å². The van der Waals surface area contributed by atoms with Crippen molar-refractivity contribution in [2.45, 2.75) is 35.6 Å². The molecule has 1 aliphatic heterocycles. The van der Waals surface area contributed by atoms with Gasteiger partial charge >= 0.3 is 0 Å². The molecule has 0 bridgehead atoms. The van der Waals surface area contributed by atoms with Crippen molar-refractivity contribution < 1.29 is 16.8 Å². The van der Waals surface area contributed by atoms with E-state index in [4.69, 9.17) is 10.9 Å². The molecule has 0 amide bonds. The molecule has 1 aliphatic rings. The Bertz CT molecular complexity index is 744. The Morgan fingerprint density at radius 3 is 2.45 bits per heavy atom. The van der Waals surface area contributed by atoms with E-state index in [1.807, 2.05) is 6.92 Å². The van der Waals surface area contributed by atoms with Crippen LogP contribution >= 0.6 is 0 Å². The van der Waals surface area contributed by atoms with Crippen molar-refractivity contribution in [3.8, 4) is 0 Å². The fourth-order valence-electron chi connectivity index (χ4n) is 2.58. The van der Waals surface area contributed by atoms with Crippen molar-refractivity contribution in [2.24, 2.45) is 16.8 Å². The highest BCUT2D eigenvalue weighted by atomic mass is 32.2. The molecule has 4 N–H and O–H groups in total. The largest absolute Gasteiger partial charge is 0.328 e. The first-order chi connectivity index (χ1) is 10.1. The van der Waals surface area contributed by atoms with E-state index in [2.05, 4.69) is 0 Å². The molecule has 7 nitrogen and oxygen atoms in total. The van der Waals surface area contributed by atoms with Gasteiger partial charge in [0.25, 0.3) is 0 Å². The standard InChI is InChI=1S/C13H21N3O4S2/c1-10(14)11-4-3-7-16(9-11)22(19,20)13-6-2-5-12(8-13)21(15,17)18/h2,5-6,8,10-11H,3-4,7,9,14H2,1H3,(H2,15,17,18)/t10-,11-/m0/s1. The maximum absolute atomic E-state index is 12.7. The van der Waals surface area contributed by atoms with Gasteiger partial charge in [0.2, 0.25) is 20.0 Å². The van der Waals surface area contributed by atoms with Gasteiger partial charge in [0.15, 0.2) is 0 Å². The molecule has 1 fully saturated rings. The zero-order chi connectivity index (χ0) is 16.5. The molecule has 1 aromatic rings. The van der Waals surface area contributed by atoms with Crippen LogP contribution in [0.4, 0.5) is 0 Å². The zero-order valence-electron chi connectivity index (χ0n) is 12.3. The predicted octanol–water partition coefficient (Wildman–Crippen LogP) is 0.0819. The molecular formula is C13H21N3O4S2. The van der Waals surface area contributed by atoms with E-state index in [9.17, 15) is 16.8 Å². The quantitative estimate of drug-likeness (QED) is 0.798. The maximum atomic E-state index is 12.7. The first-order valence-electron chi connectivity index (χ1n) is 7.01. The van der Waals surface area contributed by atoms with E-state index < -0.39 is 20.0 Å². The van der Waals surface area contributed by atoms with Crippen LogP contribution in [0.15, 0.2) is 34.1 Å². The van der Waals surface area contributed by atoms with Crippen LogP contribution in [0.25, 0.3) is 0 Å². The number of nitrogens with two attached hydrogens (primary N) is 2. The van der Waals surface area contributed by atoms with E-state index in [-0.39, 0.29) is 21.8 Å². The lowest BCUT2D eigenvalue weighted by atomic mass is 9.93. The minimum atomic E-state index is -3.94. The minimum absolute atomic E-state index is 0.0654. The summed E-state index contributed by atoms with van der Waals surface area (Å²) >= 11 is 0. The topological polar surface area (TPSA) is 124 Å². The lowest BCUT2D eigenvalue weighted by Crippen LogP contribution is -2.44. The molecule has 1 aromatic carbocycles. The van der Waals surface area contributed by atoms with Gasteiger partial charge in [-0.1, -0.05) is 6.07 Å². The highest BCUT2D eigenvalue weighted by Crippen LogP contribution is 2.26. The highest BCUT2D eigenvalue weighted by Gasteiger charge is 2.32. The van der Waals surface area contributed by atoms with Crippen LogP contribution < -0.4 is 10.9 Å². The number of sulfonamides is 2. The summed E-state index contributed by atoms with van der Waals surface area (Å²) in [4.78, 5) is -0.279. The monoisotopic (exact) mass is 347 g/mol. The molecular weight excluding hydrogens is 326 g/mol. The van der Waals surface area contributed by atoms with Crippen molar-refractivity contribution in [1.29, 1.82) is 0 Å². The Hall–Kier alpha value is -1.00. The average molecular weight is 347 g/mol. The van der Waals surface area contributed by atoms with Crippen LogP contribution in [0.1, 0.15) is 19.8 Å². The van der Waals surface area contributed by atoms with Crippen LogP contribution in [-0.4, -0.2) is 40.3 Å². The molecule has 0 aliphatic carbocycles. The van der Waals surface area contributed by atoms with Gasteiger partial charge in [-0.05, 0) is 43.9 Å². The van der Waals surface area contributed by atoms with Crippen molar-refractivity contribution in [1.82, 2.24) is 4.31 Å². The molecule has 0 spiro atoms. The van der Waals surface area contributed by atoms with Gasteiger partial charge in [0.1, 0.15) is 0 Å². The van der Waals surface area contributed by atoms with Crippen LogP contribution in [0.5, 0.6) is 0 Å². The molecule has 0 unspecified atom stereocenters. The third kappa shape index (κ3) is 3.66. The zero-order valence-corrected chi connectivity index (χ0v) is 14.0. The Morgan fingerprint density at radius 1 is 1.23 bits per heavy atom. The summed E-state index contributed by atoms with van der Waals surface area (Å²) in [5, 5.41) is 5.06. The first kappa shape index (κ1) is 17.4. The second-order valence-corrected chi connectivity index (χ2v) is 9.14. The smallest absolute Gasteiger partial charge is 0.243 e. The molecule has 9 heteroatoms. The van der Waals surface area contributed by atoms with E-state index >= 15 is 0 Å². The number of hydrogen-bond donors (Lipinski definition) is 2. The summed E-state index contributed by atoms with van der Waals surface area (Å²) in [5.74, 6) is 0.102. The second kappa shape index (κ2) is 6.25. The van der Waals surface area contributed by atoms with Crippen molar-refractivity contribution in [3.05, 3.63) is 24.3 Å². The lowest BCUT2D eigenvalue weighted by molar-refractivity contribution is 0.243. The maximum Gasteiger partial charge on any atom is 0.243 e. The predicted molar refractivity (Wildman–Crippen MR) is 82.9 cm³/mol. The van der Waals surface area contributed by atoms with Gasteiger partial charge in [-0.2, -0.15) is 4.31 Å². The summed E-state index contributed by atoms with van der Waals surface area (Å²) in [6, 6.07) is 5.03. The van der Waals surface area contributed by atoms with Crippen LogP contribution in [-0.2, 0) is 20.0 Å². The molecule has 1 heterocycles. The third-order valence-corrected chi connectivity index (χ3v) is 6.71. The fourth-order valence-corrected chi connectivity index (χ4v) is 4.80. The molecule has 22 heavy (non-hydrogen) atoms. The molecule has 2 rings (SSSR count). The number of piperidine rings is 1. The normalized spacial score (nSPS) is 22.4. The molecule has 0 radical (unpaired) electrons. The Labute approximate surface area is 131 Å². The first-order valence-corrected chi connectivity index (χ1v) is 9.99. The number of rotatable bonds is 4. The highest BCUT2D eigenvalue weighted by molar-refractivity contribution is 7.90. The molecule has 0 saturated carbocycles. The lowest BCUT2D eigenvalue weighted by Gasteiger charge is -2.33. The number of benzene rings is 1. The van der Waals surface area contributed by atoms with E-state index in [0.29, 0.717) is 13.1 Å². The molecule has 1 saturated heterocycles. The summed E-state index contributed by atoms with van der Waals surface area (Å²) in [5.41, 5.74) is 5.88. The Morgan fingerprint density at radius 2 is 1.86 bits per heavy atom. The summed E-state index contributed by atoms with van der Waals surface area (Å²) in [6.45, 7) is 2.62. The minimum Gasteiger partial charge on any atom is -0.328 e. The summed E-state index contributed by atoms with van der Waals surface area (Å²) in [6.07, 6.45) is 1.63. The molecule has 124 valence electrons. The fraction of sp³-hybridized carbons (Fsp3) is 0.538. The van der Waals surface area contributed by atoms with Gasteiger partial charge in [0, 0.05) is 19.1 Å².